The fourth-order valence-corrected chi connectivity index (χ4v) is 2.25. The number of anilines is 1. The molecule has 0 fully saturated rings. The van der Waals surface area contributed by atoms with Gasteiger partial charge >= 0.3 is 6.18 Å². The second-order valence-electron chi connectivity index (χ2n) is 5.21. The number of rotatable bonds is 5. The normalized spacial score (nSPS) is 11.8. The van der Waals surface area contributed by atoms with Gasteiger partial charge in [-0.25, -0.2) is 9.07 Å². The fourth-order valence-electron chi connectivity index (χ4n) is 2.25. The van der Waals surface area contributed by atoms with E-state index in [-0.39, 0.29) is 25.3 Å². The first kappa shape index (κ1) is 17.3. The van der Waals surface area contributed by atoms with E-state index in [2.05, 4.69) is 10.4 Å². The van der Waals surface area contributed by atoms with E-state index in [0.717, 1.165) is 23.4 Å². The zero-order valence-electron chi connectivity index (χ0n) is 12.7. The molecule has 0 spiro atoms. The van der Waals surface area contributed by atoms with E-state index in [1.54, 1.807) is 6.92 Å². The average Bonchev–Trinajstić information content (AvgIpc) is 2.71. The van der Waals surface area contributed by atoms with Crippen LogP contribution in [0.15, 0.2) is 18.2 Å². The van der Waals surface area contributed by atoms with Gasteiger partial charge in [0.1, 0.15) is 11.6 Å². The Kier molecular flexibility index (Phi) is 4.93. The molecule has 0 saturated heterocycles. The summed E-state index contributed by atoms with van der Waals surface area (Å²) in [5.74, 6) is -0.345. The molecule has 0 atom stereocenters. The number of aliphatic hydroxyl groups is 1. The molecule has 1 aromatic carbocycles. The summed E-state index contributed by atoms with van der Waals surface area (Å²) in [5, 5.41) is 16.2. The zero-order chi connectivity index (χ0) is 17.2. The van der Waals surface area contributed by atoms with Crippen molar-refractivity contribution in [3.8, 4) is 0 Å². The SMILES string of the molecule is Cc1nn(CCO)c(NCc2cc(F)cc(C(F)(F)F)c2)c1C. The van der Waals surface area contributed by atoms with Crippen molar-refractivity contribution >= 4 is 5.82 Å². The lowest BCUT2D eigenvalue weighted by molar-refractivity contribution is -0.137. The number of aryl methyl sites for hydroxylation is 1. The summed E-state index contributed by atoms with van der Waals surface area (Å²) in [6.07, 6.45) is -4.60. The molecule has 2 aromatic rings. The highest BCUT2D eigenvalue weighted by atomic mass is 19.4. The third-order valence-electron chi connectivity index (χ3n) is 3.48. The Morgan fingerprint density at radius 2 is 1.91 bits per heavy atom. The number of hydrogen-bond acceptors (Lipinski definition) is 3. The van der Waals surface area contributed by atoms with Gasteiger partial charge in [0.05, 0.1) is 24.4 Å². The van der Waals surface area contributed by atoms with Crippen LogP contribution in [-0.2, 0) is 19.3 Å². The number of benzene rings is 1. The quantitative estimate of drug-likeness (QED) is 0.827. The van der Waals surface area contributed by atoms with Crippen LogP contribution in [0.1, 0.15) is 22.4 Å². The summed E-state index contributed by atoms with van der Waals surface area (Å²) in [7, 11) is 0. The van der Waals surface area contributed by atoms with E-state index < -0.39 is 17.6 Å². The summed E-state index contributed by atoms with van der Waals surface area (Å²) in [6, 6.07) is 2.43. The Bertz CT molecular complexity index is 695. The molecule has 0 amide bonds. The summed E-state index contributed by atoms with van der Waals surface area (Å²) in [5.41, 5.74) is 0.722. The van der Waals surface area contributed by atoms with Gasteiger partial charge in [-0.15, -0.1) is 0 Å². The minimum atomic E-state index is -4.60. The van der Waals surface area contributed by atoms with Gasteiger partial charge in [-0.1, -0.05) is 0 Å². The summed E-state index contributed by atoms with van der Waals surface area (Å²) in [4.78, 5) is 0. The second kappa shape index (κ2) is 6.57. The van der Waals surface area contributed by atoms with Gasteiger partial charge in [0.25, 0.3) is 0 Å². The molecular weight excluding hydrogens is 314 g/mol. The third-order valence-corrected chi connectivity index (χ3v) is 3.48. The molecule has 1 heterocycles. The van der Waals surface area contributed by atoms with Gasteiger partial charge in [0.2, 0.25) is 0 Å². The Hall–Kier alpha value is -2.09. The number of aliphatic hydroxyl groups excluding tert-OH is 1. The molecule has 23 heavy (non-hydrogen) atoms. The first-order valence-corrected chi connectivity index (χ1v) is 6.97. The van der Waals surface area contributed by atoms with Gasteiger partial charge in [-0.3, -0.25) is 0 Å². The largest absolute Gasteiger partial charge is 0.416 e. The number of aromatic nitrogens is 2. The van der Waals surface area contributed by atoms with E-state index in [9.17, 15) is 17.6 Å². The van der Waals surface area contributed by atoms with E-state index in [4.69, 9.17) is 5.11 Å². The van der Waals surface area contributed by atoms with Gasteiger partial charge in [0, 0.05) is 12.1 Å². The molecule has 4 nitrogen and oxygen atoms in total. The van der Waals surface area contributed by atoms with Crippen molar-refractivity contribution in [2.45, 2.75) is 33.1 Å². The first-order valence-electron chi connectivity index (χ1n) is 6.97. The summed E-state index contributed by atoms with van der Waals surface area (Å²) in [6.45, 7) is 3.75. The number of halogens is 4. The molecule has 0 radical (unpaired) electrons. The Morgan fingerprint density at radius 1 is 1.22 bits per heavy atom. The Morgan fingerprint density at radius 3 is 2.52 bits per heavy atom. The minimum absolute atomic E-state index is 0.0121. The molecule has 0 aliphatic rings. The van der Waals surface area contributed by atoms with E-state index >= 15 is 0 Å². The van der Waals surface area contributed by atoms with Crippen LogP contribution in [0.25, 0.3) is 0 Å². The van der Waals surface area contributed by atoms with E-state index in [0.29, 0.717) is 11.9 Å². The van der Waals surface area contributed by atoms with Crippen LogP contribution in [0.2, 0.25) is 0 Å². The number of hydrogen-bond donors (Lipinski definition) is 2. The highest BCUT2D eigenvalue weighted by Crippen LogP contribution is 2.30. The molecule has 2 N–H and O–H groups in total. The van der Waals surface area contributed by atoms with E-state index in [1.807, 2.05) is 6.92 Å². The number of nitrogens with zero attached hydrogens (tertiary/aromatic N) is 2. The molecule has 0 saturated carbocycles. The van der Waals surface area contributed by atoms with Crippen LogP contribution >= 0.6 is 0 Å². The Labute approximate surface area is 130 Å². The summed E-state index contributed by atoms with van der Waals surface area (Å²) >= 11 is 0. The second-order valence-corrected chi connectivity index (χ2v) is 5.21. The molecule has 0 aliphatic heterocycles. The predicted molar refractivity (Wildman–Crippen MR) is 77.5 cm³/mol. The van der Waals surface area contributed by atoms with Crippen molar-refractivity contribution in [2.24, 2.45) is 0 Å². The van der Waals surface area contributed by atoms with Gasteiger partial charge < -0.3 is 10.4 Å². The van der Waals surface area contributed by atoms with Crippen molar-refractivity contribution in [3.63, 3.8) is 0 Å². The minimum Gasteiger partial charge on any atom is -0.394 e. The molecule has 8 heteroatoms. The predicted octanol–water partition coefficient (Wildman–Crippen LogP) is 3.26. The maximum absolute atomic E-state index is 13.4. The summed E-state index contributed by atoms with van der Waals surface area (Å²) < 4.78 is 53.1. The maximum atomic E-state index is 13.4. The highest BCUT2D eigenvalue weighted by Gasteiger charge is 2.31. The average molecular weight is 331 g/mol. The van der Waals surface area contributed by atoms with Gasteiger partial charge in [-0.2, -0.15) is 18.3 Å². The van der Waals surface area contributed by atoms with Crippen LogP contribution in [0.4, 0.5) is 23.4 Å². The molecule has 0 bridgehead atoms. The highest BCUT2D eigenvalue weighted by molar-refractivity contribution is 5.47. The number of alkyl halides is 3. The molecule has 1 aromatic heterocycles. The van der Waals surface area contributed by atoms with Crippen molar-refractivity contribution < 1.29 is 22.7 Å². The Balaban J connectivity index is 2.23. The van der Waals surface area contributed by atoms with Crippen molar-refractivity contribution in [2.75, 3.05) is 11.9 Å². The fraction of sp³-hybridized carbons (Fsp3) is 0.400. The van der Waals surface area contributed by atoms with Gasteiger partial charge in [0.15, 0.2) is 0 Å². The van der Waals surface area contributed by atoms with Gasteiger partial charge in [-0.05, 0) is 37.6 Å². The maximum Gasteiger partial charge on any atom is 0.416 e. The van der Waals surface area contributed by atoms with Crippen molar-refractivity contribution in [1.29, 1.82) is 0 Å². The lowest BCUT2D eigenvalue weighted by Crippen LogP contribution is -2.12. The monoisotopic (exact) mass is 331 g/mol. The van der Waals surface area contributed by atoms with Crippen molar-refractivity contribution in [3.05, 3.63) is 46.4 Å². The van der Waals surface area contributed by atoms with Crippen LogP contribution in [0.5, 0.6) is 0 Å². The van der Waals surface area contributed by atoms with E-state index in [1.165, 1.54) is 4.68 Å². The van der Waals surface area contributed by atoms with Crippen LogP contribution in [0.3, 0.4) is 0 Å². The molecule has 2 rings (SSSR count). The van der Waals surface area contributed by atoms with Crippen LogP contribution in [0, 0.1) is 19.7 Å². The van der Waals surface area contributed by atoms with Crippen molar-refractivity contribution in [1.82, 2.24) is 9.78 Å². The molecule has 126 valence electrons. The molecule has 0 unspecified atom stereocenters. The molecular formula is C15H17F4N3O. The smallest absolute Gasteiger partial charge is 0.394 e. The first-order chi connectivity index (χ1) is 10.7. The molecule has 0 aliphatic carbocycles. The third kappa shape index (κ3) is 4.01. The topological polar surface area (TPSA) is 50.1 Å². The zero-order valence-corrected chi connectivity index (χ0v) is 12.7. The van der Waals surface area contributed by atoms with Crippen LogP contribution in [-0.4, -0.2) is 21.5 Å². The standard InChI is InChI=1S/C15H17F4N3O/c1-9-10(2)21-22(3-4-23)14(9)20-8-11-5-12(15(17,18)19)7-13(16)6-11/h5-7,20,23H,3-4,8H2,1-2H3. The lowest BCUT2D eigenvalue weighted by atomic mass is 10.1. The lowest BCUT2D eigenvalue weighted by Gasteiger charge is -2.12. The van der Waals surface area contributed by atoms with Crippen LogP contribution < -0.4 is 5.32 Å². The number of nitrogens with one attached hydrogen (secondary N) is 1.